The quantitative estimate of drug-likeness (QED) is 0.150. The Hall–Kier alpha value is -2.20. The Kier molecular flexibility index (Phi) is 14.3. The van der Waals surface area contributed by atoms with Crippen molar-refractivity contribution in [3.63, 3.8) is 0 Å². The average molecular weight is 571 g/mol. The third-order valence-electron chi connectivity index (χ3n) is 5.69. The standard InChI is InChI=1S/C28H42O8S2/c1-9-33-23(29)21(24(30)34-10-2)27(5,6)37-17-19-14-13-15-20(16-19)18-38-28(7,8)22(25(31)35-11-3)26(32)36-12-4/h13-16,21-22H,9-12,17-18H2,1-8H3. The highest BCUT2D eigenvalue weighted by molar-refractivity contribution is 8.00. The molecule has 214 valence electrons. The van der Waals surface area contributed by atoms with Gasteiger partial charge in [-0.2, -0.15) is 0 Å². The lowest BCUT2D eigenvalue weighted by Gasteiger charge is -2.31. The van der Waals surface area contributed by atoms with Gasteiger partial charge in [-0.1, -0.05) is 24.3 Å². The molecule has 0 N–H and O–H groups in total. The lowest BCUT2D eigenvalue weighted by Crippen LogP contribution is -2.42. The Morgan fingerprint density at radius 1 is 0.632 bits per heavy atom. The predicted molar refractivity (Wildman–Crippen MR) is 151 cm³/mol. The zero-order chi connectivity index (χ0) is 28.9. The molecule has 0 spiro atoms. The molecule has 1 rings (SSSR count). The first-order valence-electron chi connectivity index (χ1n) is 12.9. The molecule has 38 heavy (non-hydrogen) atoms. The van der Waals surface area contributed by atoms with Crippen molar-refractivity contribution in [2.75, 3.05) is 26.4 Å². The fraction of sp³-hybridized carbons (Fsp3) is 0.643. The Balaban J connectivity index is 2.99. The van der Waals surface area contributed by atoms with E-state index >= 15 is 0 Å². The van der Waals surface area contributed by atoms with Crippen molar-refractivity contribution in [3.05, 3.63) is 35.4 Å². The molecule has 0 saturated carbocycles. The van der Waals surface area contributed by atoms with Crippen molar-refractivity contribution < 1.29 is 38.1 Å². The van der Waals surface area contributed by atoms with Gasteiger partial charge in [-0.25, -0.2) is 0 Å². The maximum Gasteiger partial charge on any atom is 0.321 e. The molecule has 0 unspecified atom stereocenters. The molecule has 0 radical (unpaired) electrons. The number of hydrogen-bond donors (Lipinski definition) is 0. The van der Waals surface area contributed by atoms with Crippen LogP contribution in [0.25, 0.3) is 0 Å². The maximum atomic E-state index is 12.6. The minimum absolute atomic E-state index is 0.179. The first-order valence-corrected chi connectivity index (χ1v) is 14.8. The van der Waals surface area contributed by atoms with Crippen LogP contribution in [0.2, 0.25) is 0 Å². The molecule has 0 saturated heterocycles. The molecule has 0 amide bonds. The summed E-state index contributed by atoms with van der Waals surface area (Å²) >= 11 is 2.95. The van der Waals surface area contributed by atoms with E-state index in [0.717, 1.165) is 11.1 Å². The van der Waals surface area contributed by atoms with Gasteiger partial charge in [-0.3, -0.25) is 19.2 Å². The van der Waals surface area contributed by atoms with E-state index in [1.54, 1.807) is 27.7 Å². The van der Waals surface area contributed by atoms with Gasteiger partial charge in [0.1, 0.15) is 0 Å². The van der Waals surface area contributed by atoms with Crippen LogP contribution in [0, 0.1) is 11.8 Å². The molecular weight excluding hydrogens is 528 g/mol. The first kappa shape index (κ1) is 33.8. The second-order valence-corrected chi connectivity index (χ2v) is 12.7. The van der Waals surface area contributed by atoms with Gasteiger partial charge >= 0.3 is 23.9 Å². The first-order chi connectivity index (χ1) is 17.8. The van der Waals surface area contributed by atoms with Crippen LogP contribution < -0.4 is 0 Å². The highest BCUT2D eigenvalue weighted by Crippen LogP contribution is 2.39. The Labute approximate surface area is 235 Å². The second kappa shape index (κ2) is 16.0. The largest absolute Gasteiger partial charge is 0.465 e. The van der Waals surface area contributed by atoms with Crippen molar-refractivity contribution in [3.8, 4) is 0 Å². The summed E-state index contributed by atoms with van der Waals surface area (Å²) < 4.78 is 19.1. The molecule has 0 aliphatic carbocycles. The van der Waals surface area contributed by atoms with E-state index in [1.165, 1.54) is 23.5 Å². The monoisotopic (exact) mass is 570 g/mol. The van der Waals surface area contributed by atoms with E-state index in [9.17, 15) is 19.2 Å². The molecule has 10 heteroatoms. The number of carbonyl (C=O) groups is 4. The number of thioether (sulfide) groups is 2. The third kappa shape index (κ3) is 10.2. The van der Waals surface area contributed by atoms with Crippen LogP contribution in [0.3, 0.4) is 0 Å². The average Bonchev–Trinajstić information content (AvgIpc) is 2.82. The van der Waals surface area contributed by atoms with E-state index in [1.807, 2.05) is 52.0 Å². The van der Waals surface area contributed by atoms with Crippen molar-refractivity contribution >= 4 is 47.4 Å². The summed E-state index contributed by atoms with van der Waals surface area (Å²) in [6, 6.07) is 7.94. The van der Waals surface area contributed by atoms with Gasteiger partial charge in [0.05, 0.1) is 26.4 Å². The predicted octanol–water partition coefficient (Wildman–Crippen LogP) is 5.20. The molecule has 0 aliphatic heterocycles. The fourth-order valence-corrected chi connectivity index (χ4v) is 5.90. The Morgan fingerprint density at radius 3 is 1.18 bits per heavy atom. The molecule has 0 bridgehead atoms. The third-order valence-corrected chi connectivity index (χ3v) is 8.61. The fourth-order valence-electron chi connectivity index (χ4n) is 3.74. The molecular formula is C28H42O8S2. The molecule has 0 fully saturated rings. The highest BCUT2D eigenvalue weighted by Gasteiger charge is 2.45. The number of rotatable bonds is 16. The SMILES string of the molecule is CCOC(=O)C(C(=O)OCC)C(C)(C)SCc1cccc(CSC(C)(C)C(C(=O)OCC)C(=O)OCC)c1. The van der Waals surface area contributed by atoms with Crippen molar-refractivity contribution in [2.45, 2.75) is 76.4 Å². The summed E-state index contributed by atoms with van der Waals surface area (Å²) in [5, 5.41) is 0. The number of hydrogen-bond acceptors (Lipinski definition) is 10. The lowest BCUT2D eigenvalue weighted by molar-refractivity contribution is -0.164. The summed E-state index contributed by atoms with van der Waals surface area (Å²) in [7, 11) is 0. The molecule has 1 aromatic rings. The highest BCUT2D eigenvalue weighted by atomic mass is 32.2. The normalized spacial score (nSPS) is 11.8. The molecule has 8 nitrogen and oxygen atoms in total. The summed E-state index contributed by atoms with van der Waals surface area (Å²) in [4.78, 5) is 50.3. The van der Waals surface area contributed by atoms with Gasteiger partial charge in [0.15, 0.2) is 11.8 Å². The summed E-state index contributed by atoms with van der Waals surface area (Å²) in [6.07, 6.45) is 0. The van der Waals surface area contributed by atoms with Crippen molar-refractivity contribution in [2.24, 2.45) is 11.8 Å². The van der Waals surface area contributed by atoms with Gasteiger partial charge in [0.25, 0.3) is 0 Å². The molecule has 1 aromatic carbocycles. The minimum atomic E-state index is -1.05. The number of carbonyl (C=O) groups excluding carboxylic acids is 4. The number of ether oxygens (including phenoxy) is 4. The van der Waals surface area contributed by atoms with Gasteiger partial charge in [0.2, 0.25) is 0 Å². The molecule has 0 aromatic heterocycles. The van der Waals surface area contributed by atoms with Gasteiger partial charge < -0.3 is 18.9 Å². The van der Waals surface area contributed by atoms with Gasteiger partial charge in [-0.15, -0.1) is 23.5 Å². The van der Waals surface area contributed by atoms with Crippen LogP contribution in [-0.4, -0.2) is 59.8 Å². The van der Waals surface area contributed by atoms with E-state index < -0.39 is 45.2 Å². The van der Waals surface area contributed by atoms with Crippen LogP contribution in [0.15, 0.2) is 24.3 Å². The second-order valence-electron chi connectivity index (χ2n) is 9.48. The topological polar surface area (TPSA) is 105 Å². The van der Waals surface area contributed by atoms with Crippen LogP contribution >= 0.6 is 23.5 Å². The van der Waals surface area contributed by atoms with Crippen molar-refractivity contribution in [1.29, 1.82) is 0 Å². The Morgan fingerprint density at radius 2 is 0.921 bits per heavy atom. The van der Waals surface area contributed by atoms with E-state index in [-0.39, 0.29) is 26.4 Å². The number of esters is 4. The number of benzene rings is 1. The molecule has 0 aliphatic rings. The Bertz CT molecular complexity index is 837. The van der Waals surface area contributed by atoms with Crippen LogP contribution in [0.4, 0.5) is 0 Å². The molecule has 0 atom stereocenters. The zero-order valence-corrected chi connectivity index (χ0v) is 25.4. The zero-order valence-electron chi connectivity index (χ0n) is 23.8. The van der Waals surface area contributed by atoms with Crippen LogP contribution in [-0.2, 0) is 49.6 Å². The van der Waals surface area contributed by atoms with Crippen LogP contribution in [0.1, 0.15) is 66.5 Å². The summed E-state index contributed by atoms with van der Waals surface area (Å²) in [6.45, 7) is 14.9. The smallest absolute Gasteiger partial charge is 0.321 e. The van der Waals surface area contributed by atoms with Crippen LogP contribution in [0.5, 0.6) is 0 Å². The van der Waals surface area contributed by atoms with Gasteiger partial charge in [-0.05, 0) is 66.5 Å². The minimum Gasteiger partial charge on any atom is -0.465 e. The van der Waals surface area contributed by atoms with Crippen molar-refractivity contribution in [1.82, 2.24) is 0 Å². The van der Waals surface area contributed by atoms with Gasteiger partial charge in [0, 0.05) is 21.0 Å². The lowest BCUT2D eigenvalue weighted by atomic mass is 9.95. The summed E-state index contributed by atoms with van der Waals surface area (Å²) in [5.74, 6) is -3.34. The van der Waals surface area contributed by atoms with E-state index in [0.29, 0.717) is 11.5 Å². The van der Waals surface area contributed by atoms with E-state index in [2.05, 4.69) is 0 Å². The maximum absolute atomic E-state index is 12.6. The molecule has 0 heterocycles. The van der Waals surface area contributed by atoms with E-state index in [4.69, 9.17) is 18.9 Å². The summed E-state index contributed by atoms with van der Waals surface area (Å²) in [5.41, 5.74) is 2.02.